The van der Waals surface area contributed by atoms with Gasteiger partial charge in [0.1, 0.15) is 24.5 Å². The van der Waals surface area contributed by atoms with Crippen molar-refractivity contribution in [2.24, 2.45) is 11.7 Å². The van der Waals surface area contributed by atoms with Gasteiger partial charge >= 0.3 is 0 Å². The van der Waals surface area contributed by atoms with E-state index in [-0.39, 0.29) is 18.5 Å². The maximum atomic E-state index is 13.4. The van der Waals surface area contributed by atoms with Crippen LogP contribution in [-0.4, -0.2) is 14.8 Å². The lowest BCUT2D eigenvalue weighted by atomic mass is 10.1. The summed E-state index contributed by atoms with van der Waals surface area (Å²) in [5, 5.41) is 4.17. The summed E-state index contributed by atoms with van der Waals surface area (Å²) in [5.41, 5.74) is 6.64. The fourth-order valence-corrected chi connectivity index (χ4v) is 2.05. The molecule has 0 saturated heterocycles. The number of nitrogens with zero attached hydrogens (tertiary/aromatic N) is 3. The minimum absolute atomic E-state index is 0.228. The number of aromatic nitrogens is 3. The number of hydrogen-bond acceptors (Lipinski definition) is 4. The van der Waals surface area contributed by atoms with E-state index in [1.807, 2.05) is 6.92 Å². The highest BCUT2D eigenvalue weighted by Gasteiger charge is 2.12. The zero-order valence-electron chi connectivity index (χ0n) is 12.6. The lowest BCUT2D eigenvalue weighted by Crippen LogP contribution is -2.13. The van der Waals surface area contributed by atoms with Gasteiger partial charge in [0, 0.05) is 24.2 Å². The van der Waals surface area contributed by atoms with E-state index in [1.54, 1.807) is 10.7 Å². The Morgan fingerprint density at radius 2 is 2.10 bits per heavy atom. The first kappa shape index (κ1) is 15.4. The highest BCUT2D eigenvalue weighted by atomic mass is 19.1. The second-order valence-electron chi connectivity index (χ2n) is 5.51. The van der Waals surface area contributed by atoms with Crippen LogP contribution in [-0.2, 0) is 13.2 Å². The van der Waals surface area contributed by atoms with E-state index >= 15 is 0 Å². The highest BCUT2D eigenvalue weighted by Crippen LogP contribution is 2.25. The molecule has 1 heterocycles. The summed E-state index contributed by atoms with van der Waals surface area (Å²) in [5.74, 6) is 1.27. The van der Waals surface area contributed by atoms with Crippen LogP contribution in [0.25, 0.3) is 0 Å². The maximum absolute atomic E-state index is 13.4. The van der Waals surface area contributed by atoms with Gasteiger partial charge in [-0.05, 0) is 18.9 Å². The average molecular weight is 292 g/mol. The summed E-state index contributed by atoms with van der Waals surface area (Å²) >= 11 is 0. The van der Waals surface area contributed by atoms with Crippen LogP contribution in [0.3, 0.4) is 0 Å². The van der Waals surface area contributed by atoms with Gasteiger partial charge in [0.15, 0.2) is 5.82 Å². The lowest BCUT2D eigenvalue weighted by Gasteiger charge is -2.14. The van der Waals surface area contributed by atoms with Crippen molar-refractivity contribution in [1.29, 1.82) is 0 Å². The van der Waals surface area contributed by atoms with E-state index in [2.05, 4.69) is 23.9 Å². The number of halogens is 1. The van der Waals surface area contributed by atoms with Gasteiger partial charge in [-0.25, -0.2) is 14.1 Å². The Morgan fingerprint density at radius 3 is 2.76 bits per heavy atom. The van der Waals surface area contributed by atoms with Crippen LogP contribution >= 0.6 is 0 Å². The molecule has 2 rings (SSSR count). The number of nitrogens with two attached hydrogens (primary N) is 1. The van der Waals surface area contributed by atoms with E-state index in [4.69, 9.17) is 10.5 Å². The molecule has 21 heavy (non-hydrogen) atoms. The predicted octanol–water partition coefficient (Wildman–Crippen LogP) is 2.67. The van der Waals surface area contributed by atoms with Gasteiger partial charge in [-0.2, -0.15) is 5.10 Å². The van der Waals surface area contributed by atoms with Crippen molar-refractivity contribution in [1.82, 2.24) is 14.8 Å². The summed E-state index contributed by atoms with van der Waals surface area (Å²) in [4.78, 5) is 4.18. The smallest absolute Gasteiger partial charge is 0.164 e. The van der Waals surface area contributed by atoms with Gasteiger partial charge in [-0.1, -0.05) is 19.9 Å². The molecule has 0 unspecified atom stereocenters. The second kappa shape index (κ2) is 6.67. The molecule has 2 aromatic rings. The lowest BCUT2D eigenvalue weighted by molar-refractivity contribution is 0.277. The summed E-state index contributed by atoms with van der Waals surface area (Å²) < 4.78 is 20.9. The molecule has 0 fully saturated rings. The fraction of sp³-hybridized carbons (Fsp3) is 0.467. The van der Waals surface area contributed by atoms with Gasteiger partial charge in [0.05, 0.1) is 0 Å². The Hall–Kier alpha value is -1.95. The van der Waals surface area contributed by atoms with E-state index in [0.29, 0.717) is 17.5 Å². The van der Waals surface area contributed by atoms with E-state index in [1.165, 1.54) is 18.5 Å². The average Bonchev–Trinajstić information content (AvgIpc) is 2.82. The number of benzene rings is 1. The first-order valence-electron chi connectivity index (χ1n) is 7.02. The van der Waals surface area contributed by atoms with E-state index in [9.17, 15) is 4.39 Å². The Kier molecular flexibility index (Phi) is 4.90. The molecule has 0 aliphatic carbocycles. The van der Waals surface area contributed by atoms with Crippen molar-refractivity contribution in [2.75, 3.05) is 0 Å². The molecular weight excluding hydrogens is 271 g/mol. The molecule has 5 nitrogen and oxygen atoms in total. The molecule has 0 spiro atoms. The quantitative estimate of drug-likeness (QED) is 0.889. The highest BCUT2D eigenvalue weighted by molar-refractivity contribution is 5.36. The predicted molar refractivity (Wildman–Crippen MR) is 78.2 cm³/mol. The third-order valence-electron chi connectivity index (χ3n) is 3.06. The van der Waals surface area contributed by atoms with E-state index < -0.39 is 0 Å². The fourth-order valence-electron chi connectivity index (χ4n) is 2.05. The van der Waals surface area contributed by atoms with Crippen LogP contribution in [0.5, 0.6) is 5.75 Å². The van der Waals surface area contributed by atoms with E-state index in [0.717, 1.165) is 12.1 Å². The summed E-state index contributed by atoms with van der Waals surface area (Å²) in [6.07, 6.45) is 1.50. The molecule has 0 aliphatic rings. The van der Waals surface area contributed by atoms with Gasteiger partial charge in [0.2, 0.25) is 0 Å². The Bertz CT molecular complexity index is 595. The molecular formula is C15H21FN4O. The first-order chi connectivity index (χ1) is 9.97. The number of rotatable bonds is 6. The molecule has 0 radical (unpaired) electrons. The van der Waals surface area contributed by atoms with Crippen molar-refractivity contribution < 1.29 is 9.13 Å². The summed E-state index contributed by atoms with van der Waals surface area (Å²) in [6, 6.07) is 4.15. The van der Waals surface area contributed by atoms with Gasteiger partial charge in [-0.15, -0.1) is 0 Å². The van der Waals surface area contributed by atoms with Crippen molar-refractivity contribution in [3.05, 3.63) is 41.7 Å². The zero-order valence-corrected chi connectivity index (χ0v) is 12.6. The normalized spacial score (nSPS) is 12.7. The third kappa shape index (κ3) is 4.01. The standard InChI is InChI=1S/C15H21FN4O/c1-10(2)7-20-15(18-9-19-20)8-21-14-6-12(16)4-5-13(14)11(3)17/h4-6,9-11H,7-8,17H2,1-3H3/t11-/m0/s1. The topological polar surface area (TPSA) is 66.0 Å². The van der Waals surface area contributed by atoms with Gasteiger partial charge in [0.25, 0.3) is 0 Å². The molecule has 2 N–H and O–H groups in total. The minimum atomic E-state index is -0.349. The van der Waals surface area contributed by atoms with Crippen molar-refractivity contribution in [3.8, 4) is 5.75 Å². The van der Waals surface area contributed by atoms with Crippen LogP contribution in [0, 0.1) is 11.7 Å². The summed E-state index contributed by atoms with van der Waals surface area (Å²) in [6.45, 7) is 7.04. The molecule has 0 amide bonds. The minimum Gasteiger partial charge on any atom is -0.485 e. The molecule has 1 aromatic carbocycles. The second-order valence-corrected chi connectivity index (χ2v) is 5.51. The van der Waals surface area contributed by atoms with Crippen LogP contribution in [0.4, 0.5) is 4.39 Å². The van der Waals surface area contributed by atoms with Crippen LogP contribution < -0.4 is 10.5 Å². The number of ether oxygens (including phenoxy) is 1. The summed E-state index contributed by atoms with van der Waals surface area (Å²) in [7, 11) is 0. The van der Waals surface area contributed by atoms with Gasteiger partial charge < -0.3 is 10.5 Å². The molecule has 6 heteroatoms. The maximum Gasteiger partial charge on any atom is 0.164 e. The number of hydrogen-bond donors (Lipinski definition) is 1. The van der Waals surface area contributed by atoms with Crippen LogP contribution in [0.2, 0.25) is 0 Å². The monoisotopic (exact) mass is 292 g/mol. The van der Waals surface area contributed by atoms with Crippen LogP contribution in [0.1, 0.15) is 38.2 Å². The molecule has 0 bridgehead atoms. The Balaban J connectivity index is 2.13. The van der Waals surface area contributed by atoms with Gasteiger partial charge in [-0.3, -0.25) is 0 Å². The first-order valence-corrected chi connectivity index (χ1v) is 7.02. The van der Waals surface area contributed by atoms with Crippen molar-refractivity contribution in [3.63, 3.8) is 0 Å². The van der Waals surface area contributed by atoms with Crippen molar-refractivity contribution >= 4 is 0 Å². The Morgan fingerprint density at radius 1 is 1.33 bits per heavy atom. The third-order valence-corrected chi connectivity index (χ3v) is 3.06. The van der Waals surface area contributed by atoms with Crippen molar-refractivity contribution in [2.45, 2.75) is 40.0 Å². The molecule has 0 saturated carbocycles. The van der Waals surface area contributed by atoms with Crippen LogP contribution in [0.15, 0.2) is 24.5 Å². The largest absolute Gasteiger partial charge is 0.485 e. The molecule has 114 valence electrons. The SMILES string of the molecule is CC(C)Cn1ncnc1COc1cc(F)ccc1[C@H](C)N. The molecule has 1 aromatic heterocycles. The zero-order chi connectivity index (χ0) is 15.4. The Labute approximate surface area is 123 Å². The molecule has 1 atom stereocenters. The molecule has 0 aliphatic heterocycles.